The van der Waals surface area contributed by atoms with Crippen molar-refractivity contribution >= 4 is 5.91 Å². The maximum atomic E-state index is 12.1. The summed E-state index contributed by atoms with van der Waals surface area (Å²) in [5.41, 5.74) is 1.12. The number of hydrogen-bond acceptors (Lipinski definition) is 4. The predicted octanol–water partition coefficient (Wildman–Crippen LogP) is 3.29. The number of piperidine rings is 1. The highest BCUT2D eigenvalue weighted by Crippen LogP contribution is 2.22. The lowest BCUT2D eigenvalue weighted by molar-refractivity contribution is -0.121. The smallest absolute Gasteiger partial charge is 0.220 e. The van der Waals surface area contributed by atoms with Gasteiger partial charge in [-0.2, -0.15) is 0 Å². The summed E-state index contributed by atoms with van der Waals surface area (Å²) in [6, 6.07) is 9.89. The molecule has 134 valence electrons. The summed E-state index contributed by atoms with van der Waals surface area (Å²) in [4.78, 5) is 18.9. The van der Waals surface area contributed by atoms with Gasteiger partial charge in [-0.05, 0) is 62.9 Å². The molecule has 0 unspecified atom stereocenters. The monoisotopic (exact) mass is 341 g/mol. The molecule has 0 radical (unpaired) electrons. The molecule has 1 aliphatic rings. The van der Waals surface area contributed by atoms with E-state index in [0.29, 0.717) is 18.9 Å². The van der Waals surface area contributed by atoms with Crippen molar-refractivity contribution in [3.8, 4) is 0 Å². The second-order valence-electron chi connectivity index (χ2n) is 6.89. The number of likely N-dealkylation sites (tertiary alicyclic amines) is 1. The summed E-state index contributed by atoms with van der Waals surface area (Å²) in [7, 11) is 0. The van der Waals surface area contributed by atoms with Gasteiger partial charge >= 0.3 is 0 Å². The minimum absolute atomic E-state index is 0.107. The maximum Gasteiger partial charge on any atom is 0.220 e. The fraction of sp³-hybridized carbons (Fsp3) is 0.500. The van der Waals surface area contributed by atoms with Gasteiger partial charge in [0.1, 0.15) is 11.5 Å². The molecule has 0 bridgehead atoms. The maximum absolute atomic E-state index is 12.1. The van der Waals surface area contributed by atoms with Gasteiger partial charge in [-0.1, -0.05) is 6.07 Å². The van der Waals surface area contributed by atoms with Gasteiger partial charge in [0.05, 0.1) is 12.2 Å². The molecule has 0 spiro atoms. The molecule has 1 amide bonds. The number of aromatic nitrogens is 1. The van der Waals surface area contributed by atoms with E-state index in [4.69, 9.17) is 4.42 Å². The third kappa shape index (κ3) is 5.71. The topological polar surface area (TPSA) is 58.4 Å². The number of hydrogen-bond donors (Lipinski definition) is 1. The van der Waals surface area contributed by atoms with E-state index in [-0.39, 0.29) is 5.91 Å². The summed E-state index contributed by atoms with van der Waals surface area (Å²) >= 11 is 0. The van der Waals surface area contributed by atoms with Crippen molar-refractivity contribution in [3.05, 3.63) is 53.7 Å². The molecule has 3 heterocycles. The van der Waals surface area contributed by atoms with E-state index in [1.54, 1.807) is 0 Å². The second-order valence-corrected chi connectivity index (χ2v) is 6.89. The van der Waals surface area contributed by atoms with E-state index in [1.165, 1.54) is 12.8 Å². The normalized spacial score (nSPS) is 18.2. The van der Waals surface area contributed by atoms with Crippen LogP contribution in [0.5, 0.6) is 0 Å². The minimum Gasteiger partial charge on any atom is -0.465 e. The number of nitrogens with one attached hydrogen (secondary N) is 1. The van der Waals surface area contributed by atoms with Crippen LogP contribution in [-0.2, 0) is 17.9 Å². The molecular weight excluding hydrogens is 314 g/mol. The third-order valence-corrected chi connectivity index (χ3v) is 4.75. The van der Waals surface area contributed by atoms with Crippen molar-refractivity contribution in [1.29, 1.82) is 0 Å². The Labute approximate surface area is 149 Å². The standard InChI is InChI=1S/C20H27N3O2/c1-16-7-9-19(25-16)13-22-20(24)10-8-17-5-4-12-23(14-17)15-18-6-2-3-11-21-18/h2-3,6-7,9,11,17H,4-5,8,10,12-15H2,1H3,(H,22,24)/t17-/m0/s1. The van der Waals surface area contributed by atoms with Crippen LogP contribution < -0.4 is 5.32 Å². The average Bonchev–Trinajstić information content (AvgIpc) is 3.05. The summed E-state index contributed by atoms with van der Waals surface area (Å²) in [6.45, 7) is 5.47. The van der Waals surface area contributed by atoms with Crippen molar-refractivity contribution < 1.29 is 9.21 Å². The van der Waals surface area contributed by atoms with Gasteiger partial charge in [0.15, 0.2) is 0 Å². The number of carbonyl (C=O) groups excluding carboxylic acids is 1. The van der Waals surface area contributed by atoms with E-state index in [9.17, 15) is 4.79 Å². The van der Waals surface area contributed by atoms with Gasteiger partial charge in [-0.15, -0.1) is 0 Å². The first kappa shape index (κ1) is 17.7. The molecule has 5 nitrogen and oxygen atoms in total. The Hall–Kier alpha value is -2.14. The zero-order valence-electron chi connectivity index (χ0n) is 14.9. The van der Waals surface area contributed by atoms with Crippen LogP contribution in [0, 0.1) is 12.8 Å². The third-order valence-electron chi connectivity index (χ3n) is 4.75. The van der Waals surface area contributed by atoms with Crippen LogP contribution in [0.25, 0.3) is 0 Å². The van der Waals surface area contributed by atoms with Crippen molar-refractivity contribution in [3.63, 3.8) is 0 Å². The molecule has 0 aromatic carbocycles. The molecule has 1 saturated heterocycles. The molecule has 2 aromatic heterocycles. The molecular formula is C20H27N3O2. The zero-order valence-corrected chi connectivity index (χ0v) is 14.9. The first-order valence-corrected chi connectivity index (χ1v) is 9.13. The van der Waals surface area contributed by atoms with Crippen molar-refractivity contribution in [2.24, 2.45) is 5.92 Å². The van der Waals surface area contributed by atoms with E-state index in [2.05, 4.69) is 21.3 Å². The SMILES string of the molecule is Cc1ccc(CNC(=O)CC[C@@H]2CCCN(Cc3ccccn3)C2)o1. The highest BCUT2D eigenvalue weighted by atomic mass is 16.3. The summed E-state index contributed by atoms with van der Waals surface area (Å²) in [6.07, 6.45) is 5.79. The number of carbonyl (C=O) groups is 1. The van der Waals surface area contributed by atoms with Gasteiger partial charge in [-0.25, -0.2) is 0 Å². The number of nitrogens with zero attached hydrogens (tertiary/aromatic N) is 2. The fourth-order valence-electron chi connectivity index (χ4n) is 3.44. The Morgan fingerprint density at radius 3 is 3.04 bits per heavy atom. The molecule has 2 aromatic rings. The van der Waals surface area contributed by atoms with Crippen LogP contribution in [0.1, 0.15) is 42.9 Å². The van der Waals surface area contributed by atoms with Crippen molar-refractivity contribution in [2.45, 2.75) is 45.7 Å². The molecule has 5 heteroatoms. The largest absolute Gasteiger partial charge is 0.465 e. The van der Waals surface area contributed by atoms with Crippen LogP contribution in [-0.4, -0.2) is 28.9 Å². The van der Waals surface area contributed by atoms with Gasteiger partial charge in [0.2, 0.25) is 5.91 Å². The van der Waals surface area contributed by atoms with Crippen LogP contribution >= 0.6 is 0 Å². The van der Waals surface area contributed by atoms with E-state index >= 15 is 0 Å². The molecule has 3 rings (SSSR count). The summed E-state index contributed by atoms with van der Waals surface area (Å²) in [5.74, 6) is 2.38. The lowest BCUT2D eigenvalue weighted by Gasteiger charge is -2.32. The van der Waals surface area contributed by atoms with E-state index in [1.807, 2.05) is 37.4 Å². The van der Waals surface area contributed by atoms with Gasteiger partial charge in [0.25, 0.3) is 0 Å². The highest BCUT2D eigenvalue weighted by Gasteiger charge is 2.21. The number of furan rings is 1. The first-order valence-electron chi connectivity index (χ1n) is 9.13. The Morgan fingerprint density at radius 1 is 1.36 bits per heavy atom. The Kier molecular flexibility index (Phi) is 6.23. The molecule has 1 fully saturated rings. The zero-order chi connectivity index (χ0) is 17.5. The van der Waals surface area contributed by atoms with Crippen LogP contribution in [0.3, 0.4) is 0 Å². The summed E-state index contributed by atoms with van der Waals surface area (Å²) < 4.78 is 5.47. The Bertz CT molecular complexity index is 669. The number of pyridine rings is 1. The number of aryl methyl sites for hydroxylation is 1. The molecule has 25 heavy (non-hydrogen) atoms. The summed E-state index contributed by atoms with van der Waals surface area (Å²) in [5, 5.41) is 2.95. The second kappa shape index (κ2) is 8.81. The predicted molar refractivity (Wildman–Crippen MR) is 96.8 cm³/mol. The quantitative estimate of drug-likeness (QED) is 0.839. The molecule has 0 saturated carbocycles. The lowest BCUT2D eigenvalue weighted by Crippen LogP contribution is -2.35. The highest BCUT2D eigenvalue weighted by molar-refractivity contribution is 5.75. The van der Waals surface area contributed by atoms with Crippen molar-refractivity contribution in [2.75, 3.05) is 13.1 Å². The van der Waals surface area contributed by atoms with E-state index < -0.39 is 0 Å². The number of rotatable bonds is 7. The van der Waals surface area contributed by atoms with Gasteiger partial charge in [-0.3, -0.25) is 14.7 Å². The lowest BCUT2D eigenvalue weighted by atomic mass is 9.93. The van der Waals surface area contributed by atoms with Crippen LogP contribution in [0.15, 0.2) is 40.9 Å². The number of amides is 1. The average molecular weight is 341 g/mol. The first-order chi connectivity index (χ1) is 12.2. The molecule has 0 aliphatic carbocycles. The van der Waals surface area contributed by atoms with Gasteiger partial charge < -0.3 is 9.73 Å². The molecule has 1 N–H and O–H groups in total. The van der Waals surface area contributed by atoms with Crippen LogP contribution in [0.2, 0.25) is 0 Å². The minimum atomic E-state index is 0.107. The Morgan fingerprint density at radius 2 is 2.28 bits per heavy atom. The van der Waals surface area contributed by atoms with Crippen LogP contribution in [0.4, 0.5) is 0 Å². The van der Waals surface area contributed by atoms with Gasteiger partial charge in [0, 0.05) is 25.7 Å². The van der Waals surface area contributed by atoms with Crippen molar-refractivity contribution in [1.82, 2.24) is 15.2 Å². The van der Waals surface area contributed by atoms with E-state index in [0.717, 1.165) is 43.3 Å². The fourth-order valence-corrected chi connectivity index (χ4v) is 3.44. The Balaban J connectivity index is 1.38. The molecule has 1 atom stereocenters. The molecule has 1 aliphatic heterocycles.